The molecule has 0 aromatic carbocycles. The summed E-state index contributed by atoms with van der Waals surface area (Å²) in [5.41, 5.74) is 0.278. The summed E-state index contributed by atoms with van der Waals surface area (Å²) in [4.78, 5) is 19.6. The minimum Gasteiger partial charge on any atom is -0.481 e. The van der Waals surface area contributed by atoms with Crippen LogP contribution in [0.25, 0.3) is 0 Å². The van der Waals surface area contributed by atoms with E-state index in [2.05, 4.69) is 25.5 Å². The highest BCUT2D eigenvalue weighted by molar-refractivity contribution is 7.99. The molecule has 0 atom stereocenters. The number of aromatic nitrogens is 5. The van der Waals surface area contributed by atoms with Crippen molar-refractivity contribution in [2.45, 2.75) is 5.16 Å². The number of thioether (sulfide) groups is 1. The Hall–Kier alpha value is -2.16. The Kier molecular flexibility index (Phi) is 4.88. The van der Waals surface area contributed by atoms with E-state index in [1.165, 1.54) is 31.3 Å². The van der Waals surface area contributed by atoms with Gasteiger partial charge in [-0.25, -0.2) is 9.97 Å². The fourth-order valence-corrected chi connectivity index (χ4v) is 2.12. The number of nitrogens with one attached hydrogen (secondary N) is 1. The molecule has 1 N–H and O–H groups in total. The zero-order valence-corrected chi connectivity index (χ0v) is 11.9. The van der Waals surface area contributed by atoms with Crippen molar-refractivity contribution in [3.05, 3.63) is 24.4 Å². The molecule has 0 aliphatic heterocycles. The summed E-state index contributed by atoms with van der Waals surface area (Å²) in [6.07, 6.45) is 2.93. The number of nitrogens with zero attached hydrogens (tertiary/aromatic N) is 5. The van der Waals surface area contributed by atoms with Gasteiger partial charge in [0.1, 0.15) is 18.3 Å². The Morgan fingerprint density at radius 2 is 2.35 bits per heavy atom. The largest absolute Gasteiger partial charge is 0.481 e. The van der Waals surface area contributed by atoms with E-state index in [9.17, 15) is 4.79 Å². The Bertz CT molecular complexity index is 588. The van der Waals surface area contributed by atoms with Crippen LogP contribution in [0, 0.1) is 0 Å². The van der Waals surface area contributed by atoms with Gasteiger partial charge in [-0.15, -0.1) is 10.2 Å². The number of rotatable bonds is 6. The molecule has 0 unspecified atom stereocenters. The molecule has 2 rings (SSSR count). The Labute approximate surface area is 120 Å². The molecular weight excluding hydrogens is 280 g/mol. The van der Waals surface area contributed by atoms with Crippen molar-refractivity contribution in [1.29, 1.82) is 0 Å². The molecule has 0 fully saturated rings. The molecule has 0 aliphatic rings. The molecule has 9 heteroatoms. The Balaban J connectivity index is 1.79. The lowest BCUT2D eigenvalue weighted by molar-refractivity contribution is 0.0950. The van der Waals surface area contributed by atoms with Crippen LogP contribution in [0.15, 0.2) is 23.9 Å². The first kappa shape index (κ1) is 14.3. The lowest BCUT2D eigenvalue weighted by Crippen LogP contribution is -2.26. The maximum absolute atomic E-state index is 11.8. The van der Waals surface area contributed by atoms with Gasteiger partial charge in [-0.3, -0.25) is 4.79 Å². The van der Waals surface area contributed by atoms with Crippen LogP contribution in [0.2, 0.25) is 0 Å². The molecule has 0 saturated heterocycles. The highest BCUT2D eigenvalue weighted by atomic mass is 32.2. The van der Waals surface area contributed by atoms with Crippen molar-refractivity contribution in [3.63, 3.8) is 0 Å². The van der Waals surface area contributed by atoms with Crippen LogP contribution in [-0.4, -0.2) is 50.0 Å². The van der Waals surface area contributed by atoms with Crippen molar-refractivity contribution in [2.24, 2.45) is 7.05 Å². The van der Waals surface area contributed by atoms with Gasteiger partial charge in [0.15, 0.2) is 5.16 Å². The standard InChI is InChI=1S/C11H14N6O2S/c1-17-7-15-16-11(17)20-4-3-12-10(18)8-5-9(19-2)14-6-13-8/h5-7H,3-4H2,1-2H3,(H,12,18). The first-order chi connectivity index (χ1) is 9.70. The summed E-state index contributed by atoms with van der Waals surface area (Å²) in [5.74, 6) is 0.795. The van der Waals surface area contributed by atoms with Crippen molar-refractivity contribution in [3.8, 4) is 5.88 Å². The van der Waals surface area contributed by atoms with E-state index in [0.29, 0.717) is 18.2 Å². The second-order valence-electron chi connectivity index (χ2n) is 3.77. The van der Waals surface area contributed by atoms with Crippen LogP contribution < -0.4 is 10.1 Å². The predicted octanol–water partition coefficient (Wildman–Crippen LogP) is 0.136. The zero-order chi connectivity index (χ0) is 14.4. The van der Waals surface area contributed by atoms with E-state index in [-0.39, 0.29) is 11.6 Å². The van der Waals surface area contributed by atoms with E-state index in [4.69, 9.17) is 4.74 Å². The number of amides is 1. The van der Waals surface area contributed by atoms with Gasteiger partial charge in [-0.05, 0) is 0 Å². The van der Waals surface area contributed by atoms with E-state index < -0.39 is 0 Å². The molecule has 2 aromatic heterocycles. The fourth-order valence-electron chi connectivity index (χ4n) is 1.38. The third kappa shape index (κ3) is 3.67. The molecule has 20 heavy (non-hydrogen) atoms. The summed E-state index contributed by atoms with van der Waals surface area (Å²) in [5, 5.41) is 11.3. The van der Waals surface area contributed by atoms with E-state index >= 15 is 0 Å². The van der Waals surface area contributed by atoms with Gasteiger partial charge >= 0.3 is 0 Å². The predicted molar refractivity (Wildman–Crippen MR) is 72.6 cm³/mol. The average Bonchev–Trinajstić information content (AvgIpc) is 2.89. The normalized spacial score (nSPS) is 10.3. The van der Waals surface area contributed by atoms with Gasteiger partial charge in [0.25, 0.3) is 5.91 Å². The number of methoxy groups -OCH3 is 1. The third-order valence-corrected chi connectivity index (χ3v) is 3.41. The summed E-state index contributed by atoms with van der Waals surface area (Å²) < 4.78 is 6.76. The van der Waals surface area contributed by atoms with Crippen LogP contribution in [-0.2, 0) is 7.05 Å². The summed E-state index contributed by atoms with van der Waals surface area (Å²) >= 11 is 1.52. The molecule has 2 heterocycles. The minimum atomic E-state index is -0.260. The van der Waals surface area contributed by atoms with Gasteiger partial charge in [0.05, 0.1) is 7.11 Å². The molecular formula is C11H14N6O2S. The number of hydrogen-bond donors (Lipinski definition) is 1. The fraction of sp³-hybridized carbons (Fsp3) is 0.364. The molecule has 8 nitrogen and oxygen atoms in total. The van der Waals surface area contributed by atoms with Crippen molar-refractivity contribution < 1.29 is 9.53 Å². The number of carbonyl (C=O) groups is 1. The number of carbonyl (C=O) groups excluding carboxylic acids is 1. The molecule has 0 bridgehead atoms. The molecule has 2 aromatic rings. The molecule has 0 radical (unpaired) electrons. The molecule has 0 aliphatic carbocycles. The number of hydrogen-bond acceptors (Lipinski definition) is 7. The zero-order valence-electron chi connectivity index (χ0n) is 11.1. The van der Waals surface area contributed by atoms with E-state index in [1.807, 2.05) is 11.6 Å². The molecule has 0 spiro atoms. The Morgan fingerprint density at radius 1 is 1.50 bits per heavy atom. The quantitative estimate of drug-likeness (QED) is 0.598. The highest BCUT2D eigenvalue weighted by Crippen LogP contribution is 2.12. The van der Waals surface area contributed by atoms with Crippen molar-refractivity contribution >= 4 is 17.7 Å². The van der Waals surface area contributed by atoms with E-state index in [1.54, 1.807) is 6.33 Å². The van der Waals surface area contributed by atoms with Crippen LogP contribution in [0.1, 0.15) is 10.5 Å². The molecule has 106 valence electrons. The van der Waals surface area contributed by atoms with Gasteiger partial charge in [0, 0.05) is 25.4 Å². The minimum absolute atomic E-state index is 0.260. The average molecular weight is 294 g/mol. The SMILES string of the molecule is COc1cc(C(=O)NCCSc2nncn2C)ncn1. The smallest absolute Gasteiger partial charge is 0.270 e. The Morgan fingerprint density at radius 3 is 3.05 bits per heavy atom. The van der Waals surface area contributed by atoms with Crippen LogP contribution in [0.3, 0.4) is 0 Å². The second-order valence-corrected chi connectivity index (χ2v) is 4.84. The highest BCUT2D eigenvalue weighted by Gasteiger charge is 2.08. The maximum Gasteiger partial charge on any atom is 0.270 e. The van der Waals surface area contributed by atoms with E-state index in [0.717, 1.165) is 5.16 Å². The van der Waals surface area contributed by atoms with Gasteiger partial charge in [0.2, 0.25) is 5.88 Å². The molecule has 1 amide bonds. The molecule has 0 saturated carbocycles. The monoisotopic (exact) mass is 294 g/mol. The summed E-state index contributed by atoms with van der Waals surface area (Å²) in [7, 11) is 3.36. The topological polar surface area (TPSA) is 94.8 Å². The summed E-state index contributed by atoms with van der Waals surface area (Å²) in [6.45, 7) is 0.503. The first-order valence-corrected chi connectivity index (χ1v) is 6.80. The van der Waals surface area contributed by atoms with Gasteiger partial charge in [-0.1, -0.05) is 11.8 Å². The van der Waals surface area contributed by atoms with Crippen LogP contribution in [0.5, 0.6) is 5.88 Å². The maximum atomic E-state index is 11.8. The third-order valence-electron chi connectivity index (χ3n) is 2.37. The lowest BCUT2D eigenvalue weighted by atomic mass is 10.4. The van der Waals surface area contributed by atoms with Gasteiger partial charge in [-0.2, -0.15) is 0 Å². The van der Waals surface area contributed by atoms with Crippen molar-refractivity contribution in [1.82, 2.24) is 30.0 Å². The van der Waals surface area contributed by atoms with Gasteiger partial charge < -0.3 is 14.6 Å². The number of ether oxygens (including phenoxy) is 1. The second kappa shape index (κ2) is 6.85. The first-order valence-electron chi connectivity index (χ1n) is 5.81. The summed E-state index contributed by atoms with van der Waals surface area (Å²) in [6, 6.07) is 1.49. The van der Waals surface area contributed by atoms with Crippen LogP contribution >= 0.6 is 11.8 Å². The van der Waals surface area contributed by atoms with Crippen molar-refractivity contribution in [2.75, 3.05) is 19.4 Å². The number of aryl methyl sites for hydroxylation is 1. The van der Waals surface area contributed by atoms with Crippen LogP contribution in [0.4, 0.5) is 0 Å². The lowest BCUT2D eigenvalue weighted by Gasteiger charge is -2.05.